The summed E-state index contributed by atoms with van der Waals surface area (Å²) in [5, 5.41) is 2.83. The van der Waals surface area contributed by atoms with Crippen LogP contribution in [0.15, 0.2) is 24.3 Å². The molecule has 0 saturated carbocycles. The third-order valence-corrected chi connectivity index (χ3v) is 5.37. The van der Waals surface area contributed by atoms with Crippen LogP contribution in [0.5, 0.6) is 0 Å². The van der Waals surface area contributed by atoms with Crippen LogP contribution in [0, 0.1) is 6.92 Å². The second kappa shape index (κ2) is 8.48. The number of benzene rings is 1. The molecule has 1 heterocycles. The first-order chi connectivity index (χ1) is 11.4. The highest BCUT2D eigenvalue weighted by Gasteiger charge is 2.22. The number of anilines is 1. The summed E-state index contributed by atoms with van der Waals surface area (Å²) < 4.78 is 25.3. The third kappa shape index (κ3) is 5.49. The topological polar surface area (TPSA) is 69.7 Å². The maximum absolute atomic E-state index is 12.2. The van der Waals surface area contributed by atoms with Gasteiger partial charge in [0.2, 0.25) is 15.9 Å². The number of aryl methyl sites for hydroxylation is 1. The van der Waals surface area contributed by atoms with E-state index >= 15 is 0 Å². The predicted molar refractivity (Wildman–Crippen MR) is 96.7 cm³/mol. The average molecular weight is 353 g/mol. The first-order valence-electron chi connectivity index (χ1n) is 8.40. The maximum atomic E-state index is 12.2. The standard InChI is InChI=1S/C17H27N3O3S/c1-15-8-3-4-9-16(15)20(24(2,22)23)14-17(21)18-10-7-13-19-11-5-6-12-19/h3-4,8-9H,5-7,10-14H2,1-2H3,(H,18,21). The van der Waals surface area contributed by atoms with Crippen LogP contribution in [0.1, 0.15) is 24.8 Å². The van der Waals surface area contributed by atoms with Crippen LogP contribution >= 0.6 is 0 Å². The lowest BCUT2D eigenvalue weighted by Gasteiger charge is -2.23. The first-order valence-corrected chi connectivity index (χ1v) is 10.2. The van der Waals surface area contributed by atoms with Gasteiger partial charge < -0.3 is 10.2 Å². The number of para-hydroxylation sites is 1. The van der Waals surface area contributed by atoms with Crippen molar-refractivity contribution in [3.05, 3.63) is 29.8 Å². The normalized spacial score (nSPS) is 15.4. The van der Waals surface area contributed by atoms with E-state index in [-0.39, 0.29) is 12.5 Å². The quantitative estimate of drug-likeness (QED) is 0.717. The number of carbonyl (C=O) groups is 1. The number of sulfonamides is 1. The number of likely N-dealkylation sites (tertiary alicyclic amines) is 1. The fourth-order valence-electron chi connectivity index (χ4n) is 2.95. The largest absolute Gasteiger partial charge is 0.354 e. The molecule has 0 aliphatic carbocycles. The summed E-state index contributed by atoms with van der Waals surface area (Å²) in [6.45, 7) is 5.48. The second-order valence-corrected chi connectivity index (χ2v) is 8.22. The first kappa shape index (κ1) is 18.7. The minimum atomic E-state index is -3.51. The summed E-state index contributed by atoms with van der Waals surface area (Å²) in [4.78, 5) is 14.5. The molecule has 0 bridgehead atoms. The molecule has 2 rings (SSSR count). The van der Waals surface area contributed by atoms with E-state index in [0.717, 1.165) is 42.2 Å². The Labute approximate surface area is 144 Å². The Morgan fingerprint density at radius 1 is 1.25 bits per heavy atom. The lowest BCUT2D eigenvalue weighted by molar-refractivity contribution is -0.119. The average Bonchev–Trinajstić information content (AvgIpc) is 3.02. The molecule has 0 spiro atoms. The number of nitrogens with one attached hydrogen (secondary N) is 1. The van der Waals surface area contributed by atoms with Crippen LogP contribution in [0.25, 0.3) is 0 Å². The highest BCUT2D eigenvalue weighted by molar-refractivity contribution is 7.92. The van der Waals surface area contributed by atoms with Crippen LogP contribution in [0.2, 0.25) is 0 Å². The molecule has 1 amide bonds. The van der Waals surface area contributed by atoms with Gasteiger partial charge in [0, 0.05) is 6.54 Å². The van der Waals surface area contributed by atoms with Gasteiger partial charge in [0.05, 0.1) is 11.9 Å². The van der Waals surface area contributed by atoms with Crippen LogP contribution in [-0.2, 0) is 14.8 Å². The Hall–Kier alpha value is -1.60. The highest BCUT2D eigenvalue weighted by atomic mass is 32.2. The van der Waals surface area contributed by atoms with E-state index in [9.17, 15) is 13.2 Å². The summed E-state index contributed by atoms with van der Waals surface area (Å²) >= 11 is 0. The zero-order chi connectivity index (χ0) is 17.6. The molecule has 1 saturated heterocycles. The Morgan fingerprint density at radius 3 is 2.54 bits per heavy atom. The van der Waals surface area contributed by atoms with Crippen LogP contribution < -0.4 is 9.62 Å². The number of hydrogen-bond donors (Lipinski definition) is 1. The lowest BCUT2D eigenvalue weighted by atomic mass is 10.2. The van der Waals surface area contributed by atoms with E-state index in [4.69, 9.17) is 0 Å². The zero-order valence-corrected chi connectivity index (χ0v) is 15.3. The van der Waals surface area contributed by atoms with Gasteiger partial charge in [-0.3, -0.25) is 9.10 Å². The van der Waals surface area contributed by atoms with Gasteiger partial charge >= 0.3 is 0 Å². The van der Waals surface area contributed by atoms with Crippen molar-refractivity contribution in [2.45, 2.75) is 26.2 Å². The summed E-state index contributed by atoms with van der Waals surface area (Å²) in [6.07, 6.45) is 4.52. The molecule has 0 atom stereocenters. The molecule has 0 radical (unpaired) electrons. The number of nitrogens with zero attached hydrogens (tertiary/aromatic N) is 2. The van der Waals surface area contributed by atoms with Gasteiger partial charge in [-0.25, -0.2) is 8.42 Å². The fourth-order valence-corrected chi connectivity index (χ4v) is 3.86. The smallest absolute Gasteiger partial charge is 0.240 e. The fraction of sp³-hybridized carbons (Fsp3) is 0.588. The van der Waals surface area contributed by atoms with Gasteiger partial charge in [-0.2, -0.15) is 0 Å². The molecule has 0 aromatic heterocycles. The molecule has 134 valence electrons. The van der Waals surface area contributed by atoms with E-state index in [2.05, 4.69) is 10.2 Å². The Balaban J connectivity index is 1.87. The molecule has 0 unspecified atom stereocenters. The van der Waals surface area contributed by atoms with Gasteiger partial charge in [-0.15, -0.1) is 0 Å². The van der Waals surface area contributed by atoms with Crippen molar-refractivity contribution >= 4 is 21.6 Å². The van der Waals surface area contributed by atoms with Crippen molar-refractivity contribution < 1.29 is 13.2 Å². The van der Waals surface area contributed by atoms with E-state index in [1.165, 1.54) is 12.8 Å². The molecule has 7 heteroatoms. The molecule has 24 heavy (non-hydrogen) atoms. The van der Waals surface area contributed by atoms with E-state index in [1.54, 1.807) is 12.1 Å². The Bertz CT molecular complexity index is 655. The van der Waals surface area contributed by atoms with E-state index < -0.39 is 10.0 Å². The van der Waals surface area contributed by atoms with Crippen LogP contribution in [-0.4, -0.2) is 58.2 Å². The van der Waals surface area contributed by atoms with E-state index in [1.807, 2.05) is 19.1 Å². The second-order valence-electron chi connectivity index (χ2n) is 6.31. The molecule has 1 aliphatic heterocycles. The molecule has 1 aliphatic rings. The molecular formula is C17H27N3O3S. The molecule has 6 nitrogen and oxygen atoms in total. The van der Waals surface area contributed by atoms with Crippen molar-refractivity contribution in [3.63, 3.8) is 0 Å². The minimum absolute atomic E-state index is 0.187. The SMILES string of the molecule is Cc1ccccc1N(CC(=O)NCCCN1CCCC1)S(C)(=O)=O. The third-order valence-electron chi connectivity index (χ3n) is 4.24. The monoisotopic (exact) mass is 353 g/mol. The van der Waals surface area contributed by atoms with Gasteiger partial charge in [0.15, 0.2) is 0 Å². The highest BCUT2D eigenvalue weighted by Crippen LogP contribution is 2.21. The van der Waals surface area contributed by atoms with Crippen LogP contribution in [0.4, 0.5) is 5.69 Å². The number of amides is 1. The van der Waals surface area contributed by atoms with Crippen molar-refractivity contribution in [1.29, 1.82) is 0 Å². The van der Waals surface area contributed by atoms with Gasteiger partial charge in [-0.05, 0) is 57.5 Å². The van der Waals surface area contributed by atoms with Crippen molar-refractivity contribution in [3.8, 4) is 0 Å². The van der Waals surface area contributed by atoms with Crippen molar-refractivity contribution in [2.24, 2.45) is 0 Å². The molecule has 1 fully saturated rings. The summed E-state index contributed by atoms with van der Waals surface area (Å²) in [5.41, 5.74) is 1.37. The molecule has 1 aromatic rings. The van der Waals surface area contributed by atoms with E-state index in [0.29, 0.717) is 12.2 Å². The predicted octanol–water partition coefficient (Wildman–Crippen LogP) is 1.36. The van der Waals surface area contributed by atoms with Gasteiger partial charge in [0.25, 0.3) is 0 Å². The Kier molecular flexibility index (Phi) is 6.62. The van der Waals surface area contributed by atoms with Gasteiger partial charge in [0.1, 0.15) is 6.54 Å². The zero-order valence-electron chi connectivity index (χ0n) is 14.5. The van der Waals surface area contributed by atoms with Crippen molar-refractivity contribution in [1.82, 2.24) is 10.2 Å². The number of rotatable bonds is 8. The number of hydrogen-bond acceptors (Lipinski definition) is 4. The Morgan fingerprint density at radius 2 is 1.92 bits per heavy atom. The summed E-state index contributed by atoms with van der Waals surface area (Å²) in [6, 6.07) is 7.17. The molecule has 1 N–H and O–H groups in total. The lowest BCUT2D eigenvalue weighted by Crippen LogP contribution is -2.41. The summed E-state index contributed by atoms with van der Waals surface area (Å²) in [7, 11) is -3.51. The van der Waals surface area contributed by atoms with Gasteiger partial charge in [-0.1, -0.05) is 18.2 Å². The maximum Gasteiger partial charge on any atom is 0.240 e. The summed E-state index contributed by atoms with van der Waals surface area (Å²) in [5.74, 6) is -0.273. The van der Waals surface area contributed by atoms with Crippen molar-refractivity contribution in [2.75, 3.05) is 43.3 Å². The minimum Gasteiger partial charge on any atom is -0.354 e. The molecule has 1 aromatic carbocycles. The van der Waals surface area contributed by atoms with Crippen LogP contribution in [0.3, 0.4) is 0 Å². The molecular weight excluding hydrogens is 326 g/mol. The number of carbonyl (C=O) groups excluding carboxylic acids is 1.